The van der Waals surface area contributed by atoms with Crippen LogP contribution in [-0.2, 0) is 9.53 Å². The Hall–Kier alpha value is -1.59. The van der Waals surface area contributed by atoms with Crippen LogP contribution in [-0.4, -0.2) is 49.8 Å². The van der Waals surface area contributed by atoms with Gasteiger partial charge in [-0.2, -0.15) is 0 Å². The van der Waals surface area contributed by atoms with Gasteiger partial charge in [0, 0.05) is 13.1 Å². The molecule has 0 saturated carbocycles. The number of ether oxygens (including phenoxy) is 2. The molecule has 0 bridgehead atoms. The van der Waals surface area contributed by atoms with Gasteiger partial charge in [-0.3, -0.25) is 9.69 Å². The van der Waals surface area contributed by atoms with Crippen LogP contribution < -0.4 is 10.5 Å². The minimum atomic E-state index is -0.306. The first-order chi connectivity index (χ1) is 8.74. The molecule has 1 aromatic rings. The molecule has 98 valence electrons. The van der Waals surface area contributed by atoms with E-state index in [1.54, 1.807) is 0 Å². The summed E-state index contributed by atoms with van der Waals surface area (Å²) in [4.78, 5) is 12.9. The SMILES string of the molecule is NC(=O)CN1CCO[C@@H](COc2ccccc2)C1. The summed E-state index contributed by atoms with van der Waals surface area (Å²) in [5.74, 6) is 0.521. The Labute approximate surface area is 106 Å². The lowest BCUT2D eigenvalue weighted by atomic mass is 10.3. The predicted octanol–water partition coefficient (Wildman–Crippen LogP) is 0.252. The first-order valence-electron chi connectivity index (χ1n) is 6.04. The Morgan fingerprint density at radius 1 is 1.44 bits per heavy atom. The molecule has 0 aromatic heterocycles. The van der Waals surface area contributed by atoms with Crippen molar-refractivity contribution < 1.29 is 14.3 Å². The molecular formula is C13H18N2O3. The molecule has 1 atom stereocenters. The van der Waals surface area contributed by atoms with Gasteiger partial charge in [-0.15, -0.1) is 0 Å². The van der Waals surface area contributed by atoms with Crippen LogP contribution >= 0.6 is 0 Å². The van der Waals surface area contributed by atoms with E-state index < -0.39 is 0 Å². The van der Waals surface area contributed by atoms with Gasteiger partial charge >= 0.3 is 0 Å². The molecule has 1 aromatic carbocycles. The van der Waals surface area contributed by atoms with Crippen molar-refractivity contribution in [3.63, 3.8) is 0 Å². The number of carbonyl (C=O) groups is 1. The number of nitrogens with zero attached hydrogens (tertiary/aromatic N) is 1. The van der Waals surface area contributed by atoms with E-state index in [1.807, 2.05) is 35.2 Å². The number of para-hydroxylation sites is 1. The fraction of sp³-hybridized carbons (Fsp3) is 0.462. The van der Waals surface area contributed by atoms with Crippen molar-refractivity contribution in [1.82, 2.24) is 4.90 Å². The van der Waals surface area contributed by atoms with E-state index in [4.69, 9.17) is 15.2 Å². The van der Waals surface area contributed by atoms with E-state index in [0.29, 0.717) is 19.8 Å². The van der Waals surface area contributed by atoms with Crippen LogP contribution in [0.5, 0.6) is 5.75 Å². The summed E-state index contributed by atoms with van der Waals surface area (Å²) in [6.45, 7) is 2.79. The molecule has 2 N–H and O–H groups in total. The number of morpholine rings is 1. The maximum atomic E-state index is 10.9. The maximum absolute atomic E-state index is 10.9. The van der Waals surface area contributed by atoms with Gasteiger partial charge in [0.05, 0.1) is 13.2 Å². The third-order valence-electron chi connectivity index (χ3n) is 2.78. The molecule has 0 spiro atoms. The first-order valence-corrected chi connectivity index (χ1v) is 6.04. The van der Waals surface area contributed by atoms with E-state index in [2.05, 4.69) is 0 Å². The standard InChI is InChI=1S/C13H18N2O3/c14-13(16)9-15-6-7-17-12(8-15)10-18-11-4-2-1-3-5-11/h1-5,12H,6-10H2,(H2,14,16)/t12-/m1/s1. The van der Waals surface area contributed by atoms with Gasteiger partial charge in [-0.25, -0.2) is 0 Å². The topological polar surface area (TPSA) is 64.8 Å². The zero-order valence-corrected chi connectivity index (χ0v) is 10.2. The van der Waals surface area contributed by atoms with Gasteiger partial charge in [0.25, 0.3) is 0 Å². The third-order valence-corrected chi connectivity index (χ3v) is 2.78. The predicted molar refractivity (Wildman–Crippen MR) is 67.3 cm³/mol. The van der Waals surface area contributed by atoms with E-state index >= 15 is 0 Å². The molecule has 1 fully saturated rings. The molecule has 5 heteroatoms. The van der Waals surface area contributed by atoms with Gasteiger partial charge < -0.3 is 15.2 Å². The van der Waals surface area contributed by atoms with Crippen molar-refractivity contribution in [2.45, 2.75) is 6.10 Å². The molecule has 18 heavy (non-hydrogen) atoms. The molecule has 1 heterocycles. The summed E-state index contributed by atoms with van der Waals surface area (Å²) in [5.41, 5.74) is 5.18. The van der Waals surface area contributed by atoms with E-state index in [-0.39, 0.29) is 18.6 Å². The monoisotopic (exact) mass is 250 g/mol. The smallest absolute Gasteiger partial charge is 0.231 e. The molecule has 5 nitrogen and oxygen atoms in total. The largest absolute Gasteiger partial charge is 0.491 e. The van der Waals surface area contributed by atoms with Crippen LogP contribution in [0.15, 0.2) is 30.3 Å². The third kappa shape index (κ3) is 4.01. The lowest BCUT2D eigenvalue weighted by Crippen LogP contribution is -2.47. The van der Waals surface area contributed by atoms with Crippen molar-refractivity contribution >= 4 is 5.91 Å². The van der Waals surface area contributed by atoms with Crippen LogP contribution in [0.2, 0.25) is 0 Å². The van der Waals surface area contributed by atoms with Crippen molar-refractivity contribution in [3.8, 4) is 5.75 Å². The summed E-state index contributed by atoms with van der Waals surface area (Å²) < 4.78 is 11.2. The van der Waals surface area contributed by atoms with Crippen molar-refractivity contribution in [3.05, 3.63) is 30.3 Å². The molecule has 1 amide bonds. The maximum Gasteiger partial charge on any atom is 0.231 e. The van der Waals surface area contributed by atoms with Crippen LogP contribution in [0, 0.1) is 0 Å². The first kappa shape index (κ1) is 12.9. The molecule has 1 saturated heterocycles. The zero-order chi connectivity index (χ0) is 12.8. The van der Waals surface area contributed by atoms with Gasteiger partial charge in [-0.05, 0) is 12.1 Å². The molecular weight excluding hydrogens is 232 g/mol. The number of hydrogen-bond acceptors (Lipinski definition) is 4. The van der Waals surface area contributed by atoms with E-state index in [9.17, 15) is 4.79 Å². The average molecular weight is 250 g/mol. The van der Waals surface area contributed by atoms with Crippen LogP contribution in [0.4, 0.5) is 0 Å². The lowest BCUT2D eigenvalue weighted by Gasteiger charge is -2.31. The fourth-order valence-electron chi connectivity index (χ4n) is 1.95. The second kappa shape index (κ2) is 6.37. The zero-order valence-electron chi connectivity index (χ0n) is 10.2. The highest BCUT2D eigenvalue weighted by Gasteiger charge is 2.21. The van der Waals surface area contributed by atoms with Gasteiger partial charge in [0.15, 0.2) is 0 Å². The van der Waals surface area contributed by atoms with Crippen LogP contribution in [0.3, 0.4) is 0 Å². The number of rotatable bonds is 5. The van der Waals surface area contributed by atoms with E-state index in [0.717, 1.165) is 12.3 Å². The Balaban J connectivity index is 1.77. The summed E-state index contributed by atoms with van der Waals surface area (Å²) in [5, 5.41) is 0. The fourth-order valence-corrected chi connectivity index (χ4v) is 1.95. The highest BCUT2D eigenvalue weighted by Crippen LogP contribution is 2.11. The van der Waals surface area contributed by atoms with E-state index in [1.165, 1.54) is 0 Å². The lowest BCUT2D eigenvalue weighted by molar-refractivity contribution is -0.121. The second-order valence-corrected chi connectivity index (χ2v) is 4.32. The Kier molecular flexibility index (Phi) is 4.55. The Morgan fingerprint density at radius 3 is 2.94 bits per heavy atom. The minimum Gasteiger partial charge on any atom is -0.491 e. The molecule has 0 unspecified atom stereocenters. The summed E-state index contributed by atoms with van der Waals surface area (Å²) >= 11 is 0. The molecule has 0 aliphatic carbocycles. The van der Waals surface area contributed by atoms with Crippen LogP contribution in [0.1, 0.15) is 0 Å². The second-order valence-electron chi connectivity index (χ2n) is 4.32. The number of hydrogen-bond donors (Lipinski definition) is 1. The van der Waals surface area contributed by atoms with Crippen molar-refractivity contribution in [2.75, 3.05) is 32.8 Å². The average Bonchev–Trinajstić information content (AvgIpc) is 2.37. The molecule has 1 aliphatic heterocycles. The number of primary amides is 1. The van der Waals surface area contributed by atoms with Gasteiger partial charge in [0.1, 0.15) is 18.5 Å². The quantitative estimate of drug-likeness (QED) is 0.813. The summed E-state index contributed by atoms with van der Waals surface area (Å²) in [6.07, 6.45) is -0.0155. The highest BCUT2D eigenvalue weighted by molar-refractivity contribution is 5.75. The van der Waals surface area contributed by atoms with Crippen molar-refractivity contribution in [2.24, 2.45) is 5.73 Å². The number of amides is 1. The Bertz CT molecular complexity index is 383. The summed E-state index contributed by atoms with van der Waals surface area (Å²) in [7, 11) is 0. The highest BCUT2D eigenvalue weighted by atomic mass is 16.5. The van der Waals surface area contributed by atoms with Gasteiger partial charge in [-0.1, -0.05) is 18.2 Å². The minimum absolute atomic E-state index is 0.0155. The number of carbonyl (C=O) groups excluding carboxylic acids is 1. The molecule has 1 aliphatic rings. The Morgan fingerprint density at radius 2 is 2.22 bits per heavy atom. The number of benzene rings is 1. The molecule has 2 rings (SSSR count). The normalized spacial score (nSPS) is 20.6. The molecule has 0 radical (unpaired) electrons. The summed E-state index contributed by atoms with van der Waals surface area (Å²) in [6, 6.07) is 9.61. The van der Waals surface area contributed by atoms with Gasteiger partial charge in [0.2, 0.25) is 5.91 Å². The van der Waals surface area contributed by atoms with Crippen molar-refractivity contribution in [1.29, 1.82) is 0 Å². The number of nitrogens with two attached hydrogens (primary N) is 1. The van der Waals surface area contributed by atoms with Crippen LogP contribution in [0.25, 0.3) is 0 Å².